The van der Waals surface area contributed by atoms with E-state index in [4.69, 9.17) is 14.2 Å². The van der Waals surface area contributed by atoms with Crippen LogP contribution in [-0.4, -0.2) is 37.2 Å². The molecule has 0 rings (SSSR count). The number of esters is 3. The number of hydrogen-bond donors (Lipinski definition) is 0. The molecular formula is C75H118O6. The summed E-state index contributed by atoms with van der Waals surface area (Å²) in [6.45, 7) is 6.40. The van der Waals surface area contributed by atoms with E-state index >= 15 is 0 Å². The van der Waals surface area contributed by atoms with E-state index < -0.39 is 6.10 Å². The van der Waals surface area contributed by atoms with E-state index in [1.165, 1.54) is 51.4 Å². The van der Waals surface area contributed by atoms with Crippen molar-refractivity contribution in [3.05, 3.63) is 170 Å². The molecular weight excluding hydrogens is 997 g/mol. The number of rotatable bonds is 57. The SMILES string of the molecule is CC/C=C\C/C=C\C/C=C\C/C=C\C/C=C\C/C=C\C/C=C\C/C=C\C/C=C\C/C=C\CCCCC(=O)OCC(COC(=O)CCCCCCC/C=C\C/C=C\CCCCC)OC(=O)CCCCCCC/C=C\C/C=C\CCCCC. The molecule has 0 N–H and O–H groups in total. The monoisotopic (exact) mass is 1110 g/mol. The third kappa shape index (κ3) is 65.5. The molecule has 1 unspecified atom stereocenters. The van der Waals surface area contributed by atoms with Crippen LogP contribution in [0.1, 0.15) is 265 Å². The van der Waals surface area contributed by atoms with Crippen LogP contribution in [-0.2, 0) is 28.6 Å². The maximum atomic E-state index is 12.9. The summed E-state index contributed by atoms with van der Waals surface area (Å²) in [5, 5.41) is 0. The van der Waals surface area contributed by atoms with Gasteiger partial charge in [-0.05, 0) is 161 Å². The van der Waals surface area contributed by atoms with Gasteiger partial charge in [-0.25, -0.2) is 0 Å². The van der Waals surface area contributed by atoms with E-state index in [-0.39, 0.29) is 37.5 Å². The van der Waals surface area contributed by atoms with Crippen LogP contribution in [0.3, 0.4) is 0 Å². The van der Waals surface area contributed by atoms with Gasteiger partial charge in [0.2, 0.25) is 0 Å². The highest BCUT2D eigenvalue weighted by Crippen LogP contribution is 2.13. The van der Waals surface area contributed by atoms with Gasteiger partial charge in [0.05, 0.1) is 0 Å². The second-order valence-electron chi connectivity index (χ2n) is 20.9. The highest BCUT2D eigenvalue weighted by atomic mass is 16.6. The number of hydrogen-bond acceptors (Lipinski definition) is 6. The third-order valence-electron chi connectivity index (χ3n) is 13.2. The Morgan fingerprint density at radius 2 is 0.481 bits per heavy atom. The lowest BCUT2D eigenvalue weighted by molar-refractivity contribution is -0.167. The van der Waals surface area contributed by atoms with Crippen molar-refractivity contribution in [1.82, 2.24) is 0 Å². The van der Waals surface area contributed by atoms with Gasteiger partial charge in [-0.3, -0.25) is 14.4 Å². The molecule has 0 spiro atoms. The van der Waals surface area contributed by atoms with Gasteiger partial charge >= 0.3 is 17.9 Å². The lowest BCUT2D eigenvalue weighted by Crippen LogP contribution is -2.30. The zero-order valence-corrected chi connectivity index (χ0v) is 52.0. The maximum Gasteiger partial charge on any atom is 0.306 e. The van der Waals surface area contributed by atoms with Crippen molar-refractivity contribution in [3.63, 3.8) is 0 Å². The summed E-state index contributed by atoms with van der Waals surface area (Å²) in [6, 6.07) is 0. The molecule has 0 amide bonds. The quantitative estimate of drug-likeness (QED) is 0.0261. The van der Waals surface area contributed by atoms with Gasteiger partial charge in [0.1, 0.15) is 13.2 Å². The number of unbranched alkanes of at least 4 members (excludes halogenated alkanes) is 18. The van der Waals surface area contributed by atoms with Crippen molar-refractivity contribution >= 4 is 17.9 Å². The van der Waals surface area contributed by atoms with Crippen molar-refractivity contribution in [2.24, 2.45) is 0 Å². The summed E-state index contributed by atoms with van der Waals surface area (Å²) in [5.74, 6) is -0.989. The number of carbonyl (C=O) groups is 3. The summed E-state index contributed by atoms with van der Waals surface area (Å²) < 4.78 is 16.8. The molecule has 0 radical (unpaired) electrons. The van der Waals surface area contributed by atoms with E-state index in [1.54, 1.807) is 0 Å². The van der Waals surface area contributed by atoms with Gasteiger partial charge in [0, 0.05) is 19.3 Å². The van der Waals surface area contributed by atoms with Crippen LogP contribution < -0.4 is 0 Å². The predicted molar refractivity (Wildman–Crippen MR) is 352 cm³/mol. The second-order valence-corrected chi connectivity index (χ2v) is 20.9. The summed E-state index contributed by atoms with van der Waals surface area (Å²) in [7, 11) is 0. The van der Waals surface area contributed by atoms with Gasteiger partial charge in [0.15, 0.2) is 6.10 Å². The molecule has 6 nitrogen and oxygen atoms in total. The molecule has 0 aromatic carbocycles. The van der Waals surface area contributed by atoms with Crippen molar-refractivity contribution in [1.29, 1.82) is 0 Å². The van der Waals surface area contributed by atoms with Gasteiger partial charge in [-0.15, -0.1) is 0 Å². The molecule has 0 aromatic heterocycles. The molecule has 0 aromatic rings. The highest BCUT2D eigenvalue weighted by molar-refractivity contribution is 5.71. The molecule has 0 saturated heterocycles. The van der Waals surface area contributed by atoms with E-state index in [1.807, 2.05) is 0 Å². The van der Waals surface area contributed by atoms with E-state index in [9.17, 15) is 14.4 Å². The molecule has 0 aliphatic carbocycles. The third-order valence-corrected chi connectivity index (χ3v) is 13.2. The predicted octanol–water partition coefficient (Wildman–Crippen LogP) is 22.7. The first-order chi connectivity index (χ1) is 40.0. The second kappa shape index (κ2) is 67.3. The summed E-state index contributed by atoms with van der Waals surface area (Å²) >= 11 is 0. The molecule has 0 aliphatic heterocycles. The van der Waals surface area contributed by atoms with Crippen molar-refractivity contribution in [2.75, 3.05) is 13.2 Å². The Hall–Kier alpha value is -5.23. The minimum Gasteiger partial charge on any atom is -0.462 e. The Balaban J connectivity index is 4.43. The van der Waals surface area contributed by atoms with E-state index in [0.717, 1.165) is 167 Å². The fourth-order valence-corrected chi connectivity index (χ4v) is 8.29. The zero-order valence-electron chi connectivity index (χ0n) is 52.0. The van der Waals surface area contributed by atoms with Gasteiger partial charge in [-0.1, -0.05) is 255 Å². The first-order valence-corrected chi connectivity index (χ1v) is 32.6. The average Bonchev–Trinajstić information content (AvgIpc) is 3.47. The minimum atomic E-state index is -0.819. The zero-order chi connectivity index (χ0) is 58.5. The first-order valence-electron chi connectivity index (χ1n) is 32.6. The van der Waals surface area contributed by atoms with Crippen molar-refractivity contribution in [3.8, 4) is 0 Å². The van der Waals surface area contributed by atoms with Gasteiger partial charge < -0.3 is 14.2 Å². The molecule has 0 heterocycles. The van der Waals surface area contributed by atoms with E-state index in [0.29, 0.717) is 19.3 Å². The Kier molecular flexibility index (Phi) is 62.9. The summed E-state index contributed by atoms with van der Waals surface area (Å²) in [4.78, 5) is 38.3. The van der Waals surface area contributed by atoms with Crippen molar-refractivity contribution < 1.29 is 28.6 Å². The Morgan fingerprint density at radius 1 is 0.259 bits per heavy atom. The molecule has 0 fully saturated rings. The largest absolute Gasteiger partial charge is 0.462 e. The number of allylic oxidation sites excluding steroid dienone is 28. The average molecular weight is 1120 g/mol. The topological polar surface area (TPSA) is 78.9 Å². The summed E-state index contributed by atoms with van der Waals surface area (Å²) in [5.41, 5.74) is 0. The van der Waals surface area contributed by atoms with Crippen LogP contribution >= 0.6 is 0 Å². The van der Waals surface area contributed by atoms with Crippen LogP contribution in [0.15, 0.2) is 170 Å². The molecule has 1 atom stereocenters. The fraction of sp³-hybridized carbons (Fsp3) is 0.587. The van der Waals surface area contributed by atoms with Crippen LogP contribution in [0.5, 0.6) is 0 Å². The summed E-state index contributed by atoms with van der Waals surface area (Å²) in [6.07, 6.45) is 99.3. The highest BCUT2D eigenvalue weighted by Gasteiger charge is 2.19. The first kappa shape index (κ1) is 75.8. The molecule has 454 valence electrons. The minimum absolute atomic E-state index is 0.112. The lowest BCUT2D eigenvalue weighted by Gasteiger charge is -2.18. The van der Waals surface area contributed by atoms with Gasteiger partial charge in [-0.2, -0.15) is 0 Å². The molecule has 0 saturated carbocycles. The molecule has 0 bridgehead atoms. The van der Waals surface area contributed by atoms with Gasteiger partial charge in [0.25, 0.3) is 0 Å². The standard InChI is InChI=1S/C75H118O6/c1-4-7-10-13-16-19-22-25-28-29-30-31-32-33-34-35-36-37-38-39-40-41-42-43-44-45-48-50-53-56-59-62-65-68-74(77)80-71-72(81-75(78)69-66-63-60-57-54-51-47-27-24-21-18-15-12-9-6-3)70-79-73(76)67-64-61-58-55-52-49-46-26-23-20-17-14-11-8-5-2/h7,10,16-21,25-28,30-31,33-34,36-37,39-40,42-43,45-48,53,56,72H,4-6,8-9,11-15,22-24,29,32,35,38,41,44,49-52,54-55,57-71H2,1-3H3/b10-7-,19-16-,20-17-,21-18-,28-25-,31-30-,34-33-,37-36-,40-39-,43-42-,46-26-,47-27-,48-45-,56-53-. The number of ether oxygens (including phenoxy) is 3. The van der Waals surface area contributed by atoms with Crippen LogP contribution in [0.2, 0.25) is 0 Å². The van der Waals surface area contributed by atoms with E-state index in [2.05, 4.69) is 191 Å². The Bertz CT molecular complexity index is 1860. The Labute approximate surface area is 498 Å². The molecule has 81 heavy (non-hydrogen) atoms. The van der Waals surface area contributed by atoms with Crippen LogP contribution in [0, 0.1) is 0 Å². The smallest absolute Gasteiger partial charge is 0.306 e. The lowest BCUT2D eigenvalue weighted by atomic mass is 10.1. The normalized spacial score (nSPS) is 13.3. The Morgan fingerprint density at radius 3 is 0.778 bits per heavy atom. The number of carbonyl (C=O) groups excluding carboxylic acids is 3. The molecule has 6 heteroatoms. The molecule has 0 aliphatic rings. The van der Waals surface area contributed by atoms with Crippen LogP contribution in [0.25, 0.3) is 0 Å². The maximum absolute atomic E-state index is 12.9. The van der Waals surface area contributed by atoms with Crippen molar-refractivity contribution in [2.45, 2.75) is 271 Å². The van der Waals surface area contributed by atoms with Crippen LogP contribution in [0.4, 0.5) is 0 Å². The fourth-order valence-electron chi connectivity index (χ4n) is 8.29.